The number of nitrogens with zero attached hydrogens (tertiary/aromatic N) is 1. The lowest BCUT2D eigenvalue weighted by molar-refractivity contribution is 0.416. The fourth-order valence-electron chi connectivity index (χ4n) is 2.04. The maximum absolute atomic E-state index is 12.2. The summed E-state index contributed by atoms with van der Waals surface area (Å²) in [4.78, 5) is 0.264. The number of ether oxygens (including phenoxy) is 1. The molecule has 0 atom stereocenters. The van der Waals surface area contributed by atoms with Crippen LogP contribution in [0.4, 0.5) is 5.69 Å². The van der Waals surface area contributed by atoms with E-state index in [1.54, 1.807) is 43.5 Å². The van der Waals surface area contributed by atoms with E-state index in [1.165, 1.54) is 18.4 Å². The molecule has 0 bridgehead atoms. The number of benzene rings is 2. The molecule has 0 radical (unpaired) electrons. The Kier molecular flexibility index (Phi) is 5.51. The highest BCUT2D eigenvalue weighted by Gasteiger charge is 2.17. The summed E-state index contributed by atoms with van der Waals surface area (Å²) >= 11 is 6.00. The molecule has 0 unspecified atom stereocenters. The van der Waals surface area contributed by atoms with Crippen LogP contribution in [-0.4, -0.2) is 33.9 Å². The summed E-state index contributed by atoms with van der Waals surface area (Å²) < 4.78 is 30.8. The van der Waals surface area contributed by atoms with Crippen molar-refractivity contribution in [3.8, 4) is 5.75 Å². The van der Waals surface area contributed by atoms with E-state index in [-0.39, 0.29) is 4.90 Å². The number of anilines is 1. The van der Waals surface area contributed by atoms with Gasteiger partial charge in [0.05, 0.1) is 17.7 Å². The second-order valence-electron chi connectivity index (χ2n) is 5.13. The first-order valence-electron chi connectivity index (χ1n) is 6.93. The van der Waals surface area contributed by atoms with E-state index in [0.29, 0.717) is 17.3 Å². The average Bonchev–Trinajstić information content (AvgIpc) is 2.53. The van der Waals surface area contributed by atoms with E-state index in [4.69, 9.17) is 16.3 Å². The van der Waals surface area contributed by atoms with E-state index < -0.39 is 10.0 Å². The van der Waals surface area contributed by atoms with Crippen LogP contribution in [0.25, 0.3) is 0 Å². The van der Waals surface area contributed by atoms with Crippen molar-refractivity contribution in [2.45, 2.75) is 11.4 Å². The van der Waals surface area contributed by atoms with Crippen LogP contribution < -0.4 is 10.1 Å². The summed E-state index contributed by atoms with van der Waals surface area (Å²) in [5.41, 5.74) is 1.59. The lowest BCUT2D eigenvalue weighted by Gasteiger charge is -2.14. The van der Waals surface area contributed by atoms with Crippen LogP contribution in [0.2, 0.25) is 5.02 Å². The van der Waals surface area contributed by atoms with Gasteiger partial charge in [-0.25, -0.2) is 12.7 Å². The largest absolute Gasteiger partial charge is 0.495 e. The quantitative estimate of drug-likeness (QED) is 0.865. The molecule has 0 aliphatic heterocycles. The molecule has 0 aliphatic rings. The van der Waals surface area contributed by atoms with Gasteiger partial charge in [0.25, 0.3) is 0 Å². The van der Waals surface area contributed by atoms with Gasteiger partial charge in [0.15, 0.2) is 0 Å². The average molecular weight is 355 g/mol. The van der Waals surface area contributed by atoms with Crippen LogP contribution in [0.3, 0.4) is 0 Å². The van der Waals surface area contributed by atoms with Gasteiger partial charge in [-0.15, -0.1) is 0 Å². The Morgan fingerprint density at radius 1 is 1.17 bits per heavy atom. The van der Waals surface area contributed by atoms with Gasteiger partial charge in [0.1, 0.15) is 5.75 Å². The predicted octanol–water partition coefficient (Wildman–Crippen LogP) is 3.21. The molecule has 1 N–H and O–H groups in total. The van der Waals surface area contributed by atoms with E-state index in [2.05, 4.69) is 5.32 Å². The lowest BCUT2D eigenvalue weighted by Crippen LogP contribution is -2.22. The van der Waals surface area contributed by atoms with Crippen LogP contribution in [0, 0.1) is 0 Å². The zero-order chi connectivity index (χ0) is 17.0. The molecule has 23 heavy (non-hydrogen) atoms. The summed E-state index contributed by atoms with van der Waals surface area (Å²) in [6.45, 7) is 0.452. The maximum Gasteiger partial charge on any atom is 0.242 e. The molecule has 0 fully saturated rings. The fourth-order valence-corrected chi connectivity index (χ4v) is 3.19. The van der Waals surface area contributed by atoms with E-state index >= 15 is 0 Å². The molecular weight excluding hydrogens is 336 g/mol. The molecule has 5 nitrogen and oxygen atoms in total. The molecule has 0 amide bonds. The van der Waals surface area contributed by atoms with Crippen molar-refractivity contribution in [1.82, 2.24) is 4.31 Å². The third-order valence-corrected chi connectivity index (χ3v) is 5.37. The molecule has 0 saturated heterocycles. The Labute approximate surface area is 141 Å². The molecule has 2 aromatic carbocycles. The van der Waals surface area contributed by atoms with Crippen molar-refractivity contribution in [2.24, 2.45) is 0 Å². The van der Waals surface area contributed by atoms with Gasteiger partial charge >= 0.3 is 0 Å². The van der Waals surface area contributed by atoms with Crippen molar-refractivity contribution in [1.29, 1.82) is 0 Å². The molecule has 124 valence electrons. The first-order valence-corrected chi connectivity index (χ1v) is 8.75. The number of hydrogen-bond donors (Lipinski definition) is 1. The zero-order valence-corrected chi connectivity index (χ0v) is 14.8. The minimum atomic E-state index is -3.44. The first kappa shape index (κ1) is 17.6. The SMILES string of the molecule is COc1ccc(Cl)cc1NCc1cccc(S(=O)(=O)N(C)C)c1. The minimum Gasteiger partial charge on any atom is -0.495 e. The van der Waals surface area contributed by atoms with Crippen LogP contribution in [0.15, 0.2) is 47.4 Å². The molecule has 0 heterocycles. The summed E-state index contributed by atoms with van der Waals surface area (Å²) in [5.74, 6) is 0.673. The molecule has 7 heteroatoms. The molecule has 2 rings (SSSR count). The Morgan fingerprint density at radius 2 is 1.91 bits per heavy atom. The third kappa shape index (κ3) is 4.16. The summed E-state index contributed by atoms with van der Waals surface area (Å²) in [7, 11) is 1.16. The van der Waals surface area contributed by atoms with Crippen LogP contribution in [0.5, 0.6) is 5.75 Å². The van der Waals surface area contributed by atoms with Crippen LogP contribution >= 0.6 is 11.6 Å². The van der Waals surface area contributed by atoms with Crippen molar-refractivity contribution in [2.75, 3.05) is 26.5 Å². The van der Waals surface area contributed by atoms with Gasteiger partial charge in [-0.05, 0) is 35.9 Å². The molecule has 2 aromatic rings. The third-order valence-electron chi connectivity index (χ3n) is 3.32. The van der Waals surface area contributed by atoms with Crippen molar-refractivity contribution in [3.05, 3.63) is 53.1 Å². The number of hydrogen-bond acceptors (Lipinski definition) is 4. The van der Waals surface area contributed by atoms with E-state index in [0.717, 1.165) is 11.3 Å². The molecule has 0 aromatic heterocycles. The Hall–Kier alpha value is -1.76. The monoisotopic (exact) mass is 354 g/mol. The van der Waals surface area contributed by atoms with Gasteiger partial charge in [-0.2, -0.15) is 0 Å². The Bertz CT molecular complexity index is 792. The molecule has 0 aliphatic carbocycles. The van der Waals surface area contributed by atoms with Gasteiger partial charge < -0.3 is 10.1 Å². The lowest BCUT2D eigenvalue weighted by atomic mass is 10.2. The topological polar surface area (TPSA) is 58.6 Å². The zero-order valence-electron chi connectivity index (χ0n) is 13.2. The Morgan fingerprint density at radius 3 is 2.57 bits per heavy atom. The van der Waals surface area contributed by atoms with Crippen molar-refractivity contribution in [3.63, 3.8) is 0 Å². The molecular formula is C16H19ClN2O3S. The second-order valence-corrected chi connectivity index (χ2v) is 7.72. The standard InChI is InChI=1S/C16H19ClN2O3S/c1-19(2)23(20,21)14-6-4-5-12(9-14)11-18-15-10-13(17)7-8-16(15)22-3/h4-10,18H,11H2,1-3H3. The summed E-state index contributed by atoms with van der Waals surface area (Å²) in [6, 6.07) is 12.1. The number of rotatable bonds is 6. The van der Waals surface area contributed by atoms with Crippen LogP contribution in [-0.2, 0) is 16.6 Å². The second kappa shape index (κ2) is 7.21. The number of nitrogens with one attached hydrogen (secondary N) is 1. The number of halogens is 1. The predicted molar refractivity (Wildman–Crippen MR) is 92.6 cm³/mol. The fraction of sp³-hybridized carbons (Fsp3) is 0.250. The van der Waals surface area contributed by atoms with E-state index in [1.807, 2.05) is 6.07 Å². The van der Waals surface area contributed by atoms with Gasteiger partial charge in [-0.3, -0.25) is 0 Å². The highest BCUT2D eigenvalue weighted by Crippen LogP contribution is 2.28. The first-order chi connectivity index (χ1) is 10.8. The molecule has 0 saturated carbocycles. The Balaban J connectivity index is 2.21. The number of methoxy groups -OCH3 is 1. The minimum absolute atomic E-state index is 0.264. The van der Waals surface area contributed by atoms with Crippen LogP contribution in [0.1, 0.15) is 5.56 Å². The van der Waals surface area contributed by atoms with E-state index in [9.17, 15) is 8.42 Å². The normalized spacial score (nSPS) is 11.5. The molecule has 0 spiro atoms. The highest BCUT2D eigenvalue weighted by molar-refractivity contribution is 7.89. The smallest absolute Gasteiger partial charge is 0.242 e. The highest BCUT2D eigenvalue weighted by atomic mass is 35.5. The van der Waals surface area contributed by atoms with Gasteiger partial charge in [0, 0.05) is 25.7 Å². The number of sulfonamides is 1. The summed E-state index contributed by atoms with van der Waals surface area (Å²) in [5, 5.41) is 3.81. The van der Waals surface area contributed by atoms with Crippen molar-refractivity contribution < 1.29 is 13.2 Å². The summed E-state index contributed by atoms with van der Waals surface area (Å²) in [6.07, 6.45) is 0. The van der Waals surface area contributed by atoms with Gasteiger partial charge in [0.2, 0.25) is 10.0 Å². The van der Waals surface area contributed by atoms with Crippen molar-refractivity contribution >= 4 is 27.3 Å². The maximum atomic E-state index is 12.2. The van der Waals surface area contributed by atoms with Gasteiger partial charge in [-0.1, -0.05) is 23.7 Å².